The topological polar surface area (TPSA) is 64.6 Å². The van der Waals surface area contributed by atoms with E-state index in [1.54, 1.807) is 0 Å². The zero-order valence-electron chi connectivity index (χ0n) is 16.2. The molecule has 0 unspecified atom stereocenters. The minimum absolute atomic E-state index is 0.0178. The number of rotatable bonds is 6. The van der Waals surface area contributed by atoms with E-state index in [0.717, 1.165) is 22.3 Å². The van der Waals surface area contributed by atoms with Crippen molar-refractivity contribution in [2.45, 2.75) is 38.3 Å². The van der Waals surface area contributed by atoms with Crippen molar-refractivity contribution in [3.05, 3.63) is 59.7 Å². The predicted octanol–water partition coefficient (Wildman–Crippen LogP) is 4.47. The molecule has 6 heteroatoms. The first-order valence-electron chi connectivity index (χ1n) is 9.21. The SMILES string of the molecule is CC(C)(C)OC[C@H](NC(=O)OCC1c2ccccc2-c2ccccc21)C(=O)Cl. The molecule has 5 nitrogen and oxygen atoms in total. The Morgan fingerprint density at radius 1 is 1.04 bits per heavy atom. The molecule has 0 radical (unpaired) electrons. The molecule has 1 atom stereocenters. The van der Waals surface area contributed by atoms with Gasteiger partial charge in [-0.25, -0.2) is 4.79 Å². The standard InChI is InChI=1S/C22H24ClNO4/c1-22(2,3)28-13-19(20(23)25)24-21(26)27-12-18-16-10-6-4-8-14(16)15-9-5-7-11-17(15)18/h4-11,18-19H,12-13H2,1-3H3,(H,24,26)/t19-/m0/s1. The fourth-order valence-electron chi connectivity index (χ4n) is 3.28. The van der Waals surface area contributed by atoms with Gasteiger partial charge in [-0.3, -0.25) is 4.79 Å². The van der Waals surface area contributed by atoms with Crippen molar-refractivity contribution < 1.29 is 19.1 Å². The third-order valence-electron chi connectivity index (χ3n) is 4.59. The molecule has 3 rings (SSSR count). The molecule has 0 aromatic heterocycles. The monoisotopic (exact) mass is 401 g/mol. The Morgan fingerprint density at radius 3 is 2.07 bits per heavy atom. The van der Waals surface area contributed by atoms with Crippen molar-refractivity contribution >= 4 is 22.9 Å². The maximum Gasteiger partial charge on any atom is 0.407 e. The number of alkyl carbamates (subject to hydrolysis) is 1. The maximum atomic E-state index is 12.3. The molecule has 1 amide bonds. The number of hydrogen-bond acceptors (Lipinski definition) is 4. The van der Waals surface area contributed by atoms with Crippen LogP contribution in [0.3, 0.4) is 0 Å². The quantitative estimate of drug-likeness (QED) is 0.725. The Morgan fingerprint density at radius 2 is 1.57 bits per heavy atom. The lowest BCUT2D eigenvalue weighted by molar-refractivity contribution is -0.116. The molecule has 0 fully saturated rings. The lowest BCUT2D eigenvalue weighted by Gasteiger charge is -2.23. The molecular weight excluding hydrogens is 378 g/mol. The smallest absolute Gasteiger partial charge is 0.407 e. The van der Waals surface area contributed by atoms with Gasteiger partial charge < -0.3 is 14.8 Å². The van der Waals surface area contributed by atoms with Crippen molar-refractivity contribution in [2.24, 2.45) is 0 Å². The molecule has 0 saturated heterocycles. The Bertz CT molecular complexity index is 829. The van der Waals surface area contributed by atoms with Crippen LogP contribution in [0.4, 0.5) is 4.79 Å². The molecule has 2 aromatic carbocycles. The highest BCUT2D eigenvalue weighted by Gasteiger charge is 2.30. The predicted molar refractivity (Wildman–Crippen MR) is 109 cm³/mol. The molecular formula is C22H24ClNO4. The van der Waals surface area contributed by atoms with E-state index in [9.17, 15) is 9.59 Å². The van der Waals surface area contributed by atoms with Crippen LogP contribution in [0.5, 0.6) is 0 Å². The number of carbonyl (C=O) groups is 2. The highest BCUT2D eigenvalue weighted by atomic mass is 35.5. The van der Waals surface area contributed by atoms with Gasteiger partial charge in [0.25, 0.3) is 0 Å². The summed E-state index contributed by atoms with van der Waals surface area (Å²) in [7, 11) is 0. The molecule has 0 heterocycles. The average molecular weight is 402 g/mol. The van der Waals surface area contributed by atoms with Crippen LogP contribution < -0.4 is 5.32 Å². The molecule has 0 aliphatic heterocycles. The maximum absolute atomic E-state index is 12.3. The normalized spacial score (nSPS) is 14.1. The lowest BCUT2D eigenvalue weighted by atomic mass is 9.98. The molecule has 2 aromatic rings. The Hall–Kier alpha value is -2.37. The molecule has 1 aliphatic carbocycles. The van der Waals surface area contributed by atoms with Crippen LogP contribution in [0.15, 0.2) is 48.5 Å². The fraction of sp³-hybridized carbons (Fsp3) is 0.364. The summed E-state index contributed by atoms with van der Waals surface area (Å²) < 4.78 is 11.0. The van der Waals surface area contributed by atoms with Gasteiger partial charge in [0.05, 0.1) is 12.2 Å². The average Bonchev–Trinajstić information content (AvgIpc) is 2.96. The van der Waals surface area contributed by atoms with Crippen molar-refractivity contribution in [2.75, 3.05) is 13.2 Å². The number of fused-ring (bicyclic) bond motifs is 3. The van der Waals surface area contributed by atoms with Gasteiger partial charge in [0.1, 0.15) is 12.6 Å². The van der Waals surface area contributed by atoms with Gasteiger partial charge in [-0.1, -0.05) is 48.5 Å². The van der Waals surface area contributed by atoms with Crippen molar-refractivity contribution in [1.29, 1.82) is 0 Å². The van der Waals surface area contributed by atoms with Crippen LogP contribution in [0.1, 0.15) is 37.8 Å². The first-order chi connectivity index (χ1) is 13.3. The molecule has 148 valence electrons. The van der Waals surface area contributed by atoms with Crippen molar-refractivity contribution in [1.82, 2.24) is 5.32 Å². The minimum atomic E-state index is -0.962. The van der Waals surface area contributed by atoms with Gasteiger partial charge in [-0.2, -0.15) is 0 Å². The number of hydrogen-bond donors (Lipinski definition) is 1. The summed E-state index contributed by atoms with van der Waals surface area (Å²) in [5.41, 5.74) is 4.10. The number of ether oxygens (including phenoxy) is 2. The second kappa shape index (κ2) is 8.33. The van der Waals surface area contributed by atoms with Gasteiger partial charge in [-0.15, -0.1) is 0 Å². The van der Waals surface area contributed by atoms with Gasteiger partial charge in [0.2, 0.25) is 5.24 Å². The van der Waals surface area contributed by atoms with Crippen LogP contribution in [-0.4, -0.2) is 36.2 Å². The third-order valence-corrected chi connectivity index (χ3v) is 4.86. The Kier molecular flexibility index (Phi) is 6.06. The number of amides is 1. The second-order valence-corrected chi connectivity index (χ2v) is 8.12. The summed E-state index contributed by atoms with van der Waals surface area (Å²) in [5, 5.41) is 1.80. The molecule has 0 saturated carbocycles. The summed E-state index contributed by atoms with van der Waals surface area (Å²) in [4.78, 5) is 23.9. The Balaban J connectivity index is 1.65. The fourth-order valence-corrected chi connectivity index (χ4v) is 3.40. The van der Waals surface area contributed by atoms with E-state index in [1.807, 2.05) is 57.2 Å². The lowest BCUT2D eigenvalue weighted by Crippen LogP contribution is -2.44. The summed E-state index contributed by atoms with van der Waals surface area (Å²) in [5.74, 6) is -0.0471. The van der Waals surface area contributed by atoms with Gasteiger partial charge >= 0.3 is 6.09 Å². The molecule has 28 heavy (non-hydrogen) atoms. The number of benzene rings is 2. The first kappa shape index (κ1) is 20.4. The van der Waals surface area contributed by atoms with E-state index in [1.165, 1.54) is 0 Å². The summed E-state index contributed by atoms with van der Waals surface area (Å²) in [6, 6.07) is 15.2. The third kappa shape index (κ3) is 4.72. The first-order valence-corrected chi connectivity index (χ1v) is 9.59. The molecule has 1 aliphatic rings. The zero-order valence-corrected chi connectivity index (χ0v) is 17.0. The summed E-state index contributed by atoms with van der Waals surface area (Å²) in [6.07, 6.45) is -0.696. The Labute approximate surface area is 170 Å². The highest BCUT2D eigenvalue weighted by molar-refractivity contribution is 6.64. The number of halogens is 1. The van der Waals surface area contributed by atoms with E-state index in [-0.39, 0.29) is 19.1 Å². The van der Waals surface area contributed by atoms with Crippen LogP contribution in [0.25, 0.3) is 11.1 Å². The highest BCUT2D eigenvalue weighted by Crippen LogP contribution is 2.44. The van der Waals surface area contributed by atoms with Crippen molar-refractivity contribution in [3.63, 3.8) is 0 Å². The molecule has 1 N–H and O–H groups in total. The van der Waals surface area contributed by atoms with Crippen LogP contribution in [0.2, 0.25) is 0 Å². The van der Waals surface area contributed by atoms with E-state index in [2.05, 4.69) is 17.4 Å². The summed E-state index contributed by atoms with van der Waals surface area (Å²) >= 11 is 5.59. The number of nitrogens with one attached hydrogen (secondary N) is 1. The zero-order chi connectivity index (χ0) is 20.3. The van der Waals surface area contributed by atoms with Crippen molar-refractivity contribution in [3.8, 4) is 11.1 Å². The summed E-state index contributed by atoms with van der Waals surface area (Å²) in [6.45, 7) is 5.72. The van der Waals surface area contributed by atoms with E-state index in [0.29, 0.717) is 0 Å². The van der Waals surface area contributed by atoms with Gasteiger partial charge in [-0.05, 0) is 54.6 Å². The van der Waals surface area contributed by atoms with Crippen LogP contribution >= 0.6 is 11.6 Å². The second-order valence-electron chi connectivity index (χ2n) is 7.75. The largest absolute Gasteiger partial charge is 0.449 e. The van der Waals surface area contributed by atoms with Gasteiger partial charge in [0, 0.05) is 5.92 Å². The van der Waals surface area contributed by atoms with Crippen LogP contribution in [0, 0.1) is 0 Å². The number of carbonyl (C=O) groups excluding carboxylic acids is 2. The molecule has 0 spiro atoms. The van der Waals surface area contributed by atoms with E-state index in [4.69, 9.17) is 21.1 Å². The van der Waals surface area contributed by atoms with E-state index >= 15 is 0 Å². The molecule has 0 bridgehead atoms. The van der Waals surface area contributed by atoms with Crippen LogP contribution in [-0.2, 0) is 14.3 Å². The van der Waals surface area contributed by atoms with E-state index < -0.39 is 23.0 Å². The van der Waals surface area contributed by atoms with Gasteiger partial charge in [0.15, 0.2) is 0 Å². The minimum Gasteiger partial charge on any atom is -0.449 e.